The van der Waals surface area contributed by atoms with Gasteiger partial charge in [0, 0.05) is 38.6 Å². The van der Waals surface area contributed by atoms with Crippen molar-refractivity contribution in [1.82, 2.24) is 14.2 Å². The minimum Gasteiger partial charge on any atom is -0.507 e. The van der Waals surface area contributed by atoms with Crippen LogP contribution in [0.4, 0.5) is 0 Å². The second-order valence-electron chi connectivity index (χ2n) is 5.97. The highest BCUT2D eigenvalue weighted by Crippen LogP contribution is 2.25. The Hall–Kier alpha value is -2.32. The molecule has 1 saturated heterocycles. The lowest BCUT2D eigenvalue weighted by atomic mass is 10.2. The number of phenols is 1. The molecular weight excluding hydrogens is 342 g/mol. The molecule has 0 unspecified atom stereocenters. The van der Waals surface area contributed by atoms with E-state index >= 15 is 0 Å². The molecule has 1 aliphatic heterocycles. The van der Waals surface area contributed by atoms with Gasteiger partial charge in [-0.15, -0.1) is 0 Å². The van der Waals surface area contributed by atoms with E-state index in [1.54, 1.807) is 0 Å². The van der Waals surface area contributed by atoms with Crippen LogP contribution in [0.25, 0.3) is 0 Å². The molecule has 0 spiro atoms. The molecule has 0 bridgehead atoms. The predicted octanol–water partition coefficient (Wildman–Crippen LogP) is 1.41. The molecule has 1 aliphatic rings. The summed E-state index contributed by atoms with van der Waals surface area (Å²) < 4.78 is 28.5. The number of benzene rings is 1. The maximum absolute atomic E-state index is 12.6. The van der Waals surface area contributed by atoms with Crippen LogP contribution in [0.2, 0.25) is 0 Å². The summed E-state index contributed by atoms with van der Waals surface area (Å²) in [5.41, 5.74) is -0.0345. The predicted molar refractivity (Wildman–Crippen MR) is 92.9 cm³/mol. The number of amides is 1. The van der Waals surface area contributed by atoms with Gasteiger partial charge in [-0.3, -0.25) is 4.79 Å². The molecule has 0 aliphatic carbocycles. The van der Waals surface area contributed by atoms with E-state index in [4.69, 9.17) is 0 Å². The molecule has 1 fully saturated rings. The van der Waals surface area contributed by atoms with Gasteiger partial charge in [0.05, 0.1) is 10.5 Å². The highest BCUT2D eigenvalue weighted by atomic mass is 32.2. The van der Waals surface area contributed by atoms with E-state index in [0.29, 0.717) is 26.2 Å². The highest BCUT2D eigenvalue weighted by Gasteiger charge is 2.28. The van der Waals surface area contributed by atoms with Crippen LogP contribution in [0.3, 0.4) is 0 Å². The molecule has 1 amide bonds. The summed E-state index contributed by atoms with van der Waals surface area (Å²) in [7, 11) is -3.63. The maximum atomic E-state index is 12.6. The summed E-state index contributed by atoms with van der Waals surface area (Å²) in [5, 5.41) is 12.6. The van der Waals surface area contributed by atoms with Gasteiger partial charge in [-0.05, 0) is 43.2 Å². The van der Waals surface area contributed by atoms with Crippen molar-refractivity contribution in [2.75, 3.05) is 19.6 Å². The molecule has 7 nitrogen and oxygen atoms in total. The molecule has 134 valence electrons. The van der Waals surface area contributed by atoms with Crippen molar-refractivity contribution < 1.29 is 18.3 Å². The Morgan fingerprint density at radius 1 is 1.16 bits per heavy atom. The van der Waals surface area contributed by atoms with Crippen molar-refractivity contribution in [3.05, 3.63) is 48.3 Å². The molecule has 1 aromatic heterocycles. The molecule has 2 heterocycles. The number of hydrogen-bond acceptors (Lipinski definition) is 4. The lowest BCUT2D eigenvalue weighted by molar-refractivity contribution is 0.0949. The van der Waals surface area contributed by atoms with Gasteiger partial charge in [0.15, 0.2) is 0 Å². The summed E-state index contributed by atoms with van der Waals surface area (Å²) in [5.74, 6) is -0.734. The van der Waals surface area contributed by atoms with Crippen molar-refractivity contribution >= 4 is 15.9 Å². The zero-order valence-corrected chi connectivity index (χ0v) is 14.6. The molecule has 0 saturated carbocycles. The van der Waals surface area contributed by atoms with Crippen LogP contribution in [0.1, 0.15) is 23.2 Å². The van der Waals surface area contributed by atoms with E-state index in [9.17, 15) is 18.3 Å². The summed E-state index contributed by atoms with van der Waals surface area (Å²) >= 11 is 0. The standard InChI is InChI=1S/C17H21N3O4S/c21-16-6-5-14(25(23,24)20-10-3-4-11-20)13-15(16)17(22)18-7-12-19-8-1-2-9-19/h1-2,5-6,8-9,13,21H,3-4,7,10-12H2,(H,18,22). The van der Waals surface area contributed by atoms with Crippen LogP contribution >= 0.6 is 0 Å². The fourth-order valence-corrected chi connectivity index (χ4v) is 4.39. The number of aromatic nitrogens is 1. The Kier molecular flexibility index (Phi) is 5.10. The number of carbonyl (C=O) groups is 1. The second kappa shape index (κ2) is 7.28. The molecule has 2 N–H and O–H groups in total. The van der Waals surface area contributed by atoms with Gasteiger partial charge in [-0.1, -0.05) is 0 Å². The SMILES string of the molecule is O=C(NCCn1cccc1)c1cc(S(=O)(=O)N2CCCC2)ccc1O. The van der Waals surface area contributed by atoms with Crippen molar-refractivity contribution in [2.45, 2.75) is 24.3 Å². The van der Waals surface area contributed by atoms with Crippen molar-refractivity contribution in [3.8, 4) is 5.75 Å². The Bertz CT molecular complexity index is 841. The Balaban J connectivity index is 1.73. The average molecular weight is 363 g/mol. The summed E-state index contributed by atoms with van der Waals surface area (Å²) in [6.07, 6.45) is 5.44. The maximum Gasteiger partial charge on any atom is 0.255 e. The van der Waals surface area contributed by atoms with Crippen LogP contribution < -0.4 is 5.32 Å². The first kappa shape index (κ1) is 17.5. The molecule has 3 rings (SSSR count). The summed E-state index contributed by atoms with van der Waals surface area (Å²) in [6.45, 7) is 1.94. The van der Waals surface area contributed by atoms with Gasteiger partial charge in [-0.25, -0.2) is 8.42 Å². The molecule has 1 aromatic carbocycles. The van der Waals surface area contributed by atoms with E-state index in [1.807, 2.05) is 29.1 Å². The summed E-state index contributed by atoms with van der Waals surface area (Å²) in [4.78, 5) is 12.3. The molecule has 0 radical (unpaired) electrons. The molecule has 2 aromatic rings. The lowest BCUT2D eigenvalue weighted by Gasteiger charge is -2.16. The van der Waals surface area contributed by atoms with Crippen LogP contribution in [-0.2, 0) is 16.6 Å². The van der Waals surface area contributed by atoms with Gasteiger partial charge < -0.3 is 15.0 Å². The van der Waals surface area contributed by atoms with Crippen LogP contribution in [-0.4, -0.2) is 47.9 Å². The highest BCUT2D eigenvalue weighted by molar-refractivity contribution is 7.89. The first-order valence-electron chi connectivity index (χ1n) is 8.20. The van der Waals surface area contributed by atoms with Gasteiger partial charge in [-0.2, -0.15) is 4.31 Å². The minimum absolute atomic E-state index is 0.0303. The number of nitrogens with zero attached hydrogens (tertiary/aromatic N) is 2. The molecule has 25 heavy (non-hydrogen) atoms. The fraction of sp³-hybridized carbons (Fsp3) is 0.353. The fourth-order valence-electron chi connectivity index (χ4n) is 2.85. The van der Waals surface area contributed by atoms with E-state index in [0.717, 1.165) is 12.8 Å². The first-order chi connectivity index (χ1) is 12.0. The van der Waals surface area contributed by atoms with E-state index in [-0.39, 0.29) is 16.2 Å². The minimum atomic E-state index is -3.63. The van der Waals surface area contributed by atoms with E-state index in [2.05, 4.69) is 5.32 Å². The zero-order valence-electron chi connectivity index (χ0n) is 13.8. The second-order valence-corrected chi connectivity index (χ2v) is 7.90. The quantitative estimate of drug-likeness (QED) is 0.812. The lowest BCUT2D eigenvalue weighted by Crippen LogP contribution is -2.29. The number of hydrogen-bond donors (Lipinski definition) is 2. The van der Waals surface area contributed by atoms with Gasteiger partial charge in [0.1, 0.15) is 5.75 Å². The third-order valence-electron chi connectivity index (χ3n) is 4.24. The van der Waals surface area contributed by atoms with Gasteiger partial charge in [0.25, 0.3) is 5.91 Å². The van der Waals surface area contributed by atoms with Crippen LogP contribution in [0.15, 0.2) is 47.6 Å². The first-order valence-corrected chi connectivity index (χ1v) is 9.64. The Labute approximate surface area is 146 Å². The topological polar surface area (TPSA) is 91.6 Å². The number of carbonyl (C=O) groups excluding carboxylic acids is 1. The Morgan fingerprint density at radius 2 is 1.84 bits per heavy atom. The number of phenolic OH excluding ortho intramolecular Hbond substituents is 1. The largest absolute Gasteiger partial charge is 0.507 e. The van der Waals surface area contributed by atoms with E-state index < -0.39 is 15.9 Å². The van der Waals surface area contributed by atoms with Gasteiger partial charge >= 0.3 is 0 Å². The number of aromatic hydroxyl groups is 1. The zero-order chi connectivity index (χ0) is 17.9. The molecule has 0 atom stereocenters. The molecular formula is C17H21N3O4S. The van der Waals surface area contributed by atoms with Crippen molar-refractivity contribution in [2.24, 2.45) is 0 Å². The third kappa shape index (κ3) is 3.85. The molecule has 8 heteroatoms. The monoisotopic (exact) mass is 363 g/mol. The van der Waals surface area contributed by atoms with Crippen molar-refractivity contribution in [1.29, 1.82) is 0 Å². The van der Waals surface area contributed by atoms with Crippen LogP contribution in [0.5, 0.6) is 5.75 Å². The normalized spacial score (nSPS) is 15.4. The number of rotatable bonds is 6. The number of nitrogens with one attached hydrogen (secondary N) is 1. The van der Waals surface area contributed by atoms with Crippen LogP contribution in [0, 0.1) is 0 Å². The average Bonchev–Trinajstić information content (AvgIpc) is 3.29. The van der Waals surface area contributed by atoms with E-state index in [1.165, 1.54) is 22.5 Å². The van der Waals surface area contributed by atoms with Crippen molar-refractivity contribution in [3.63, 3.8) is 0 Å². The summed E-state index contributed by atoms with van der Waals surface area (Å²) in [6, 6.07) is 7.61. The smallest absolute Gasteiger partial charge is 0.255 e. The Morgan fingerprint density at radius 3 is 2.52 bits per heavy atom. The number of sulfonamides is 1. The third-order valence-corrected chi connectivity index (χ3v) is 6.13. The van der Waals surface area contributed by atoms with Gasteiger partial charge in [0.2, 0.25) is 10.0 Å².